The van der Waals surface area contributed by atoms with Gasteiger partial charge in [0, 0.05) is 18.1 Å². The maximum atomic E-state index is 12.1. The Labute approximate surface area is 117 Å². The smallest absolute Gasteiger partial charge is 0.308 e. The molecule has 1 N–H and O–H groups in total. The molecular formula is C14H16ClNO3. The fraction of sp³-hybridized carbons (Fsp3) is 0.429. The van der Waals surface area contributed by atoms with E-state index in [0.29, 0.717) is 18.1 Å². The Hall–Kier alpha value is -1.55. The number of carboxylic acid groups (broad SMARTS) is 1. The maximum Gasteiger partial charge on any atom is 0.308 e. The van der Waals surface area contributed by atoms with E-state index in [9.17, 15) is 9.59 Å². The summed E-state index contributed by atoms with van der Waals surface area (Å²) in [5, 5.41) is 9.65. The fourth-order valence-electron chi connectivity index (χ4n) is 2.43. The van der Waals surface area contributed by atoms with Gasteiger partial charge in [-0.3, -0.25) is 9.59 Å². The van der Waals surface area contributed by atoms with Gasteiger partial charge in [0.2, 0.25) is 5.91 Å². The van der Waals surface area contributed by atoms with Crippen molar-refractivity contribution >= 4 is 23.5 Å². The largest absolute Gasteiger partial charge is 0.481 e. The highest BCUT2D eigenvalue weighted by Crippen LogP contribution is 2.24. The van der Waals surface area contributed by atoms with Gasteiger partial charge < -0.3 is 10.0 Å². The van der Waals surface area contributed by atoms with Crippen LogP contribution in [-0.4, -0.2) is 35.0 Å². The highest BCUT2D eigenvalue weighted by Gasteiger charge is 2.36. The number of hydrogen-bond donors (Lipinski definition) is 1. The van der Waals surface area contributed by atoms with Crippen LogP contribution in [0.1, 0.15) is 12.5 Å². The molecule has 0 radical (unpaired) electrons. The molecule has 1 aromatic rings. The second kappa shape index (κ2) is 5.61. The number of carboxylic acids is 1. The van der Waals surface area contributed by atoms with E-state index in [1.165, 1.54) is 0 Å². The molecule has 0 aromatic heterocycles. The van der Waals surface area contributed by atoms with Gasteiger partial charge in [-0.2, -0.15) is 0 Å². The fourth-order valence-corrected chi connectivity index (χ4v) is 2.64. The summed E-state index contributed by atoms with van der Waals surface area (Å²) in [6.45, 7) is 2.68. The first-order valence-corrected chi connectivity index (χ1v) is 6.60. The lowest BCUT2D eigenvalue weighted by Crippen LogP contribution is -2.31. The monoisotopic (exact) mass is 281 g/mol. The predicted octanol–water partition coefficient (Wildman–Crippen LogP) is 2.06. The summed E-state index contributed by atoms with van der Waals surface area (Å²) in [4.78, 5) is 24.8. The molecule has 4 nitrogen and oxygen atoms in total. The molecule has 0 aliphatic carbocycles. The molecule has 2 atom stereocenters. The molecule has 102 valence electrons. The van der Waals surface area contributed by atoms with Gasteiger partial charge in [-0.05, 0) is 23.6 Å². The summed E-state index contributed by atoms with van der Waals surface area (Å²) in [6.07, 6.45) is 0.264. The first kappa shape index (κ1) is 13.9. The van der Waals surface area contributed by atoms with E-state index in [-0.39, 0.29) is 18.2 Å². The number of rotatable bonds is 3. The van der Waals surface area contributed by atoms with Crippen molar-refractivity contribution in [1.82, 2.24) is 4.90 Å². The summed E-state index contributed by atoms with van der Waals surface area (Å²) >= 11 is 5.87. The molecule has 1 fully saturated rings. The average molecular weight is 282 g/mol. The van der Waals surface area contributed by atoms with Crippen LogP contribution in [0.5, 0.6) is 0 Å². The Bertz CT molecular complexity index is 503. The highest BCUT2D eigenvalue weighted by atomic mass is 35.5. The zero-order valence-electron chi connectivity index (χ0n) is 10.7. The number of carbonyl (C=O) groups excluding carboxylic acids is 1. The Kier molecular flexibility index (Phi) is 4.10. The minimum Gasteiger partial charge on any atom is -0.481 e. The number of halogens is 1. The van der Waals surface area contributed by atoms with Crippen molar-refractivity contribution in [3.63, 3.8) is 0 Å². The summed E-state index contributed by atoms with van der Waals surface area (Å²) < 4.78 is 0. The quantitative estimate of drug-likeness (QED) is 0.923. The van der Waals surface area contributed by atoms with Gasteiger partial charge >= 0.3 is 5.97 Å². The molecule has 1 saturated heterocycles. The van der Waals surface area contributed by atoms with Crippen LogP contribution in [0.3, 0.4) is 0 Å². The molecular weight excluding hydrogens is 266 g/mol. The van der Waals surface area contributed by atoms with E-state index in [2.05, 4.69) is 0 Å². The third-order valence-corrected chi connectivity index (χ3v) is 3.76. The van der Waals surface area contributed by atoms with E-state index in [1.807, 2.05) is 13.0 Å². The number of carbonyl (C=O) groups is 2. The van der Waals surface area contributed by atoms with Gasteiger partial charge in [-0.15, -0.1) is 0 Å². The summed E-state index contributed by atoms with van der Waals surface area (Å²) in [7, 11) is 0. The number of benzene rings is 1. The third kappa shape index (κ3) is 3.26. The normalized spacial score (nSPS) is 22.5. The first-order chi connectivity index (χ1) is 8.97. The van der Waals surface area contributed by atoms with Gasteiger partial charge in [0.15, 0.2) is 0 Å². The van der Waals surface area contributed by atoms with E-state index >= 15 is 0 Å². The minimum absolute atomic E-state index is 0.000751. The Morgan fingerprint density at radius 3 is 2.74 bits per heavy atom. The molecule has 0 saturated carbocycles. The summed E-state index contributed by atoms with van der Waals surface area (Å²) in [6, 6.07) is 7.16. The van der Waals surface area contributed by atoms with Crippen LogP contribution in [0.2, 0.25) is 5.02 Å². The van der Waals surface area contributed by atoms with Crippen molar-refractivity contribution in [1.29, 1.82) is 0 Å². The van der Waals surface area contributed by atoms with Crippen LogP contribution >= 0.6 is 11.6 Å². The lowest BCUT2D eigenvalue weighted by molar-refractivity contribution is -0.142. The zero-order valence-corrected chi connectivity index (χ0v) is 11.4. The lowest BCUT2D eigenvalue weighted by atomic mass is 9.99. The summed E-state index contributed by atoms with van der Waals surface area (Å²) in [5.74, 6) is -1.33. The molecule has 0 spiro atoms. The van der Waals surface area contributed by atoms with E-state index in [0.717, 1.165) is 5.56 Å². The predicted molar refractivity (Wildman–Crippen MR) is 72.0 cm³/mol. The molecule has 0 bridgehead atoms. The van der Waals surface area contributed by atoms with Gasteiger partial charge in [-0.1, -0.05) is 30.7 Å². The van der Waals surface area contributed by atoms with Crippen molar-refractivity contribution in [3.05, 3.63) is 34.9 Å². The molecule has 1 heterocycles. The highest BCUT2D eigenvalue weighted by molar-refractivity contribution is 6.30. The van der Waals surface area contributed by atoms with Gasteiger partial charge in [0.05, 0.1) is 12.3 Å². The van der Waals surface area contributed by atoms with Crippen LogP contribution in [0, 0.1) is 11.8 Å². The van der Waals surface area contributed by atoms with Crippen LogP contribution in [0.4, 0.5) is 0 Å². The molecule has 19 heavy (non-hydrogen) atoms. The number of hydrogen-bond acceptors (Lipinski definition) is 2. The number of nitrogens with zero attached hydrogens (tertiary/aromatic N) is 1. The zero-order chi connectivity index (χ0) is 14.0. The Morgan fingerprint density at radius 2 is 2.16 bits per heavy atom. The molecule has 2 rings (SSSR count). The van der Waals surface area contributed by atoms with Crippen molar-refractivity contribution in [2.45, 2.75) is 13.3 Å². The standard InChI is InChI=1S/C14H16ClNO3/c1-9-7-16(8-12(9)14(18)19)13(17)6-10-3-2-4-11(15)5-10/h2-5,9,12H,6-8H2,1H3,(H,18,19)/t9-,12-/m1/s1. The molecule has 1 aliphatic rings. The van der Waals surface area contributed by atoms with Crippen LogP contribution in [0.25, 0.3) is 0 Å². The van der Waals surface area contributed by atoms with Crippen molar-refractivity contribution < 1.29 is 14.7 Å². The SMILES string of the molecule is C[C@@H]1CN(C(=O)Cc2cccc(Cl)c2)C[C@H]1C(=O)O. The van der Waals surface area contributed by atoms with Crippen molar-refractivity contribution in [2.75, 3.05) is 13.1 Å². The first-order valence-electron chi connectivity index (χ1n) is 6.22. The van der Waals surface area contributed by atoms with Crippen LogP contribution in [-0.2, 0) is 16.0 Å². The number of amides is 1. The van der Waals surface area contributed by atoms with Gasteiger partial charge in [0.25, 0.3) is 0 Å². The number of aliphatic carboxylic acids is 1. The third-order valence-electron chi connectivity index (χ3n) is 3.53. The second-order valence-corrected chi connectivity index (χ2v) is 5.46. The van der Waals surface area contributed by atoms with Gasteiger partial charge in [-0.25, -0.2) is 0 Å². The average Bonchev–Trinajstić information content (AvgIpc) is 2.71. The van der Waals surface area contributed by atoms with Crippen LogP contribution < -0.4 is 0 Å². The Balaban J connectivity index is 2.00. The number of likely N-dealkylation sites (tertiary alicyclic amines) is 1. The van der Waals surface area contributed by atoms with Crippen LogP contribution in [0.15, 0.2) is 24.3 Å². The van der Waals surface area contributed by atoms with E-state index < -0.39 is 11.9 Å². The Morgan fingerprint density at radius 1 is 1.42 bits per heavy atom. The van der Waals surface area contributed by atoms with E-state index in [4.69, 9.17) is 16.7 Å². The molecule has 1 aromatic carbocycles. The molecule has 1 aliphatic heterocycles. The lowest BCUT2D eigenvalue weighted by Gasteiger charge is -2.15. The van der Waals surface area contributed by atoms with Crippen molar-refractivity contribution in [2.24, 2.45) is 11.8 Å². The van der Waals surface area contributed by atoms with Gasteiger partial charge in [0.1, 0.15) is 0 Å². The van der Waals surface area contributed by atoms with E-state index in [1.54, 1.807) is 23.1 Å². The maximum absolute atomic E-state index is 12.1. The minimum atomic E-state index is -0.828. The molecule has 5 heteroatoms. The molecule has 1 amide bonds. The second-order valence-electron chi connectivity index (χ2n) is 5.03. The summed E-state index contributed by atoms with van der Waals surface area (Å²) in [5.41, 5.74) is 0.851. The molecule has 0 unspecified atom stereocenters. The van der Waals surface area contributed by atoms with Crippen molar-refractivity contribution in [3.8, 4) is 0 Å². The topological polar surface area (TPSA) is 57.6 Å².